The van der Waals surface area contributed by atoms with E-state index in [0.29, 0.717) is 18.0 Å². The van der Waals surface area contributed by atoms with Gasteiger partial charge in [-0.15, -0.1) is 0 Å². The maximum atomic E-state index is 5.50. The minimum absolute atomic E-state index is 0.270. The molecule has 2 rings (SSSR count). The minimum Gasteiger partial charge on any atom is -0.380 e. The summed E-state index contributed by atoms with van der Waals surface area (Å²) in [5, 5.41) is 3.76. The quantitative estimate of drug-likeness (QED) is 0.871. The fourth-order valence-corrected chi connectivity index (χ4v) is 3.11. The summed E-state index contributed by atoms with van der Waals surface area (Å²) in [6.07, 6.45) is 1.49. The number of rotatable bonds is 6. The average molecular weight is 290 g/mol. The van der Waals surface area contributed by atoms with Crippen molar-refractivity contribution in [3.63, 3.8) is 0 Å². The molecule has 0 amide bonds. The van der Waals surface area contributed by atoms with Crippen molar-refractivity contribution in [1.82, 2.24) is 10.2 Å². The van der Waals surface area contributed by atoms with Gasteiger partial charge >= 0.3 is 0 Å². The molecule has 1 heterocycles. The SMILES string of the molecule is CCC(C)C1CN(CC(C)OC)C(c2ccccc2)CN1. The summed E-state index contributed by atoms with van der Waals surface area (Å²) in [7, 11) is 1.80. The summed E-state index contributed by atoms with van der Waals surface area (Å²) in [6.45, 7) is 9.89. The Hall–Kier alpha value is -0.900. The molecule has 1 N–H and O–H groups in total. The standard InChI is InChI=1S/C18H30N2O/c1-5-14(2)17-13-20(12-15(3)21-4)18(11-19-17)16-9-7-6-8-10-16/h6-10,14-15,17-19H,5,11-13H2,1-4H3. The molecule has 0 aliphatic carbocycles. The first-order valence-corrected chi connectivity index (χ1v) is 8.20. The highest BCUT2D eigenvalue weighted by atomic mass is 16.5. The van der Waals surface area contributed by atoms with Gasteiger partial charge in [-0.1, -0.05) is 50.6 Å². The van der Waals surface area contributed by atoms with Crippen LogP contribution in [-0.4, -0.2) is 43.8 Å². The molecule has 118 valence electrons. The Morgan fingerprint density at radius 1 is 1.29 bits per heavy atom. The van der Waals surface area contributed by atoms with Gasteiger partial charge in [0.25, 0.3) is 0 Å². The van der Waals surface area contributed by atoms with Gasteiger partial charge in [-0.25, -0.2) is 0 Å². The van der Waals surface area contributed by atoms with Crippen molar-refractivity contribution in [3.05, 3.63) is 35.9 Å². The van der Waals surface area contributed by atoms with Crippen LogP contribution in [0.5, 0.6) is 0 Å². The molecule has 1 fully saturated rings. The number of ether oxygens (including phenoxy) is 1. The lowest BCUT2D eigenvalue weighted by Crippen LogP contribution is -2.55. The van der Waals surface area contributed by atoms with Gasteiger partial charge in [0.05, 0.1) is 6.10 Å². The van der Waals surface area contributed by atoms with Crippen molar-refractivity contribution in [1.29, 1.82) is 0 Å². The Labute approximate surface area is 129 Å². The van der Waals surface area contributed by atoms with E-state index in [4.69, 9.17) is 4.74 Å². The monoisotopic (exact) mass is 290 g/mol. The maximum absolute atomic E-state index is 5.50. The van der Waals surface area contributed by atoms with E-state index in [1.807, 2.05) is 0 Å². The number of nitrogens with zero attached hydrogens (tertiary/aromatic N) is 1. The topological polar surface area (TPSA) is 24.5 Å². The lowest BCUT2D eigenvalue weighted by Gasteiger charge is -2.43. The van der Waals surface area contributed by atoms with Gasteiger partial charge in [0, 0.05) is 38.8 Å². The molecule has 1 saturated heterocycles. The molecular formula is C18H30N2O. The zero-order valence-corrected chi connectivity index (χ0v) is 13.9. The third-order valence-corrected chi connectivity index (χ3v) is 4.85. The second kappa shape index (κ2) is 7.92. The van der Waals surface area contributed by atoms with E-state index >= 15 is 0 Å². The van der Waals surface area contributed by atoms with Crippen molar-refractivity contribution < 1.29 is 4.74 Å². The Morgan fingerprint density at radius 2 is 2.00 bits per heavy atom. The Kier molecular flexibility index (Phi) is 6.22. The highest BCUT2D eigenvalue weighted by molar-refractivity contribution is 5.20. The lowest BCUT2D eigenvalue weighted by atomic mass is 9.93. The highest BCUT2D eigenvalue weighted by Crippen LogP contribution is 2.26. The van der Waals surface area contributed by atoms with Crippen molar-refractivity contribution in [3.8, 4) is 0 Å². The number of hydrogen-bond acceptors (Lipinski definition) is 3. The summed E-state index contributed by atoms with van der Waals surface area (Å²) in [4.78, 5) is 2.59. The molecule has 3 nitrogen and oxygen atoms in total. The van der Waals surface area contributed by atoms with E-state index in [1.54, 1.807) is 7.11 Å². The van der Waals surface area contributed by atoms with Gasteiger partial charge in [-0.2, -0.15) is 0 Å². The maximum Gasteiger partial charge on any atom is 0.0670 e. The molecule has 1 aromatic rings. The largest absolute Gasteiger partial charge is 0.380 e. The van der Waals surface area contributed by atoms with Crippen molar-refractivity contribution in [2.45, 2.75) is 45.4 Å². The van der Waals surface area contributed by atoms with Gasteiger partial charge in [0.1, 0.15) is 0 Å². The minimum atomic E-state index is 0.270. The molecule has 0 aromatic heterocycles. The molecule has 4 unspecified atom stereocenters. The second-order valence-corrected chi connectivity index (χ2v) is 6.33. The number of benzene rings is 1. The molecule has 1 aliphatic heterocycles. The highest BCUT2D eigenvalue weighted by Gasteiger charge is 2.31. The van der Waals surface area contributed by atoms with Gasteiger partial charge < -0.3 is 10.1 Å². The molecular weight excluding hydrogens is 260 g/mol. The van der Waals surface area contributed by atoms with Gasteiger partial charge in [-0.05, 0) is 18.4 Å². The molecule has 0 spiro atoms. The number of hydrogen-bond donors (Lipinski definition) is 1. The summed E-state index contributed by atoms with van der Waals surface area (Å²) in [6, 6.07) is 11.9. The van der Waals surface area contributed by atoms with Gasteiger partial charge in [0.15, 0.2) is 0 Å². The third-order valence-electron chi connectivity index (χ3n) is 4.85. The molecule has 4 atom stereocenters. The van der Waals surface area contributed by atoms with Crippen LogP contribution in [0.1, 0.15) is 38.8 Å². The third kappa shape index (κ3) is 4.29. The number of piperazine rings is 1. The van der Waals surface area contributed by atoms with Crippen LogP contribution in [0.4, 0.5) is 0 Å². The van der Waals surface area contributed by atoms with Crippen LogP contribution in [0, 0.1) is 5.92 Å². The molecule has 0 saturated carbocycles. The van der Waals surface area contributed by atoms with Crippen molar-refractivity contribution in [2.75, 3.05) is 26.7 Å². The first kappa shape index (κ1) is 16.5. The zero-order chi connectivity index (χ0) is 15.2. The van der Waals surface area contributed by atoms with Gasteiger partial charge in [-0.3, -0.25) is 4.90 Å². The lowest BCUT2D eigenvalue weighted by molar-refractivity contribution is 0.0340. The van der Waals surface area contributed by atoms with Crippen LogP contribution in [0.25, 0.3) is 0 Å². The van der Waals surface area contributed by atoms with E-state index in [0.717, 1.165) is 19.6 Å². The molecule has 1 aliphatic rings. The number of nitrogens with one attached hydrogen (secondary N) is 1. The molecule has 0 radical (unpaired) electrons. The van der Waals surface area contributed by atoms with E-state index < -0.39 is 0 Å². The Morgan fingerprint density at radius 3 is 2.62 bits per heavy atom. The molecule has 0 bridgehead atoms. The summed E-state index contributed by atoms with van der Waals surface area (Å²) in [5.41, 5.74) is 1.40. The number of methoxy groups -OCH3 is 1. The zero-order valence-electron chi connectivity index (χ0n) is 13.9. The van der Waals surface area contributed by atoms with E-state index in [1.165, 1.54) is 12.0 Å². The van der Waals surface area contributed by atoms with E-state index in [-0.39, 0.29) is 6.10 Å². The summed E-state index contributed by atoms with van der Waals surface area (Å²) >= 11 is 0. The smallest absolute Gasteiger partial charge is 0.0670 e. The van der Waals surface area contributed by atoms with Crippen molar-refractivity contribution in [2.24, 2.45) is 5.92 Å². The molecule has 3 heteroatoms. The van der Waals surface area contributed by atoms with Crippen LogP contribution in [0.15, 0.2) is 30.3 Å². The average Bonchev–Trinajstić information content (AvgIpc) is 2.54. The van der Waals surface area contributed by atoms with Crippen LogP contribution < -0.4 is 5.32 Å². The predicted octanol–water partition coefficient (Wildman–Crippen LogP) is 3.08. The summed E-state index contributed by atoms with van der Waals surface area (Å²) in [5.74, 6) is 0.710. The van der Waals surface area contributed by atoms with Crippen LogP contribution in [0.2, 0.25) is 0 Å². The predicted molar refractivity (Wildman–Crippen MR) is 88.5 cm³/mol. The first-order chi connectivity index (χ1) is 10.2. The summed E-state index contributed by atoms with van der Waals surface area (Å²) < 4.78 is 5.50. The Balaban J connectivity index is 2.12. The fraction of sp³-hybridized carbons (Fsp3) is 0.667. The van der Waals surface area contributed by atoms with Crippen molar-refractivity contribution >= 4 is 0 Å². The Bertz CT molecular complexity index is 409. The van der Waals surface area contributed by atoms with Crippen LogP contribution >= 0.6 is 0 Å². The second-order valence-electron chi connectivity index (χ2n) is 6.33. The van der Waals surface area contributed by atoms with Crippen LogP contribution in [-0.2, 0) is 4.74 Å². The van der Waals surface area contributed by atoms with E-state index in [2.05, 4.69) is 61.3 Å². The van der Waals surface area contributed by atoms with E-state index in [9.17, 15) is 0 Å². The van der Waals surface area contributed by atoms with Gasteiger partial charge in [0.2, 0.25) is 0 Å². The van der Waals surface area contributed by atoms with Crippen LogP contribution in [0.3, 0.4) is 0 Å². The normalized spacial score (nSPS) is 26.5. The fourth-order valence-electron chi connectivity index (χ4n) is 3.11. The molecule has 1 aromatic carbocycles. The molecule has 21 heavy (non-hydrogen) atoms. The first-order valence-electron chi connectivity index (χ1n) is 8.20.